The molecule has 1 aromatic carbocycles. The quantitative estimate of drug-likeness (QED) is 0.608. The second-order valence-electron chi connectivity index (χ2n) is 7.03. The van der Waals surface area contributed by atoms with Crippen molar-refractivity contribution in [2.24, 2.45) is 0 Å². The van der Waals surface area contributed by atoms with Gasteiger partial charge in [-0.25, -0.2) is 13.2 Å². The van der Waals surface area contributed by atoms with Gasteiger partial charge in [-0.1, -0.05) is 18.9 Å². The minimum absolute atomic E-state index is 0.0316. The molecule has 1 N–H and O–H groups in total. The smallest absolute Gasteiger partial charge is 0.374 e. The Kier molecular flexibility index (Phi) is 7.32. The summed E-state index contributed by atoms with van der Waals surface area (Å²) in [5.74, 6) is -1.39. The topological polar surface area (TPSA) is 106 Å². The zero-order valence-electron chi connectivity index (χ0n) is 16.5. The standard InChI is InChI=1S/C20H23BrN2O6S/c1-14-6-7-15(12-17(14)30(26,27)23-10-4-2-3-5-11-23)22-19(24)13-28-20(25)16-8-9-18(21)29-16/h6-9,12H,2-5,10-11,13H2,1H3,(H,22,24). The molecule has 1 saturated heterocycles. The van der Waals surface area contributed by atoms with Gasteiger partial charge < -0.3 is 14.5 Å². The van der Waals surface area contributed by atoms with E-state index in [1.165, 1.54) is 22.5 Å². The first-order valence-corrected chi connectivity index (χ1v) is 11.8. The van der Waals surface area contributed by atoms with E-state index in [1.54, 1.807) is 19.1 Å². The van der Waals surface area contributed by atoms with E-state index in [9.17, 15) is 18.0 Å². The lowest BCUT2D eigenvalue weighted by Gasteiger charge is -2.21. The molecule has 30 heavy (non-hydrogen) atoms. The Hall–Kier alpha value is -2.17. The Morgan fingerprint density at radius 1 is 1.13 bits per heavy atom. The number of nitrogens with zero attached hydrogens (tertiary/aromatic N) is 1. The molecule has 0 aliphatic carbocycles. The fourth-order valence-electron chi connectivity index (χ4n) is 3.20. The molecule has 0 radical (unpaired) electrons. The molecular formula is C20H23BrN2O6S. The summed E-state index contributed by atoms with van der Waals surface area (Å²) in [6.45, 7) is 2.19. The third-order valence-corrected chi connectivity index (χ3v) is 7.23. The average molecular weight is 499 g/mol. The first kappa shape index (κ1) is 22.5. The van der Waals surface area contributed by atoms with Gasteiger partial charge in [0, 0.05) is 18.8 Å². The summed E-state index contributed by atoms with van der Waals surface area (Å²) < 4.78 is 38.1. The number of anilines is 1. The molecule has 0 bridgehead atoms. The van der Waals surface area contributed by atoms with Crippen molar-refractivity contribution in [2.45, 2.75) is 37.5 Å². The molecule has 8 nitrogen and oxygen atoms in total. The second-order valence-corrected chi connectivity index (χ2v) is 9.71. The van der Waals surface area contributed by atoms with Crippen molar-refractivity contribution >= 4 is 43.5 Å². The molecule has 0 spiro atoms. The third kappa shape index (κ3) is 5.50. The van der Waals surface area contributed by atoms with E-state index in [0.717, 1.165) is 25.7 Å². The first-order chi connectivity index (χ1) is 14.3. The summed E-state index contributed by atoms with van der Waals surface area (Å²) in [5.41, 5.74) is 0.919. The molecule has 0 atom stereocenters. The zero-order valence-corrected chi connectivity index (χ0v) is 18.9. The maximum absolute atomic E-state index is 13.1. The van der Waals surface area contributed by atoms with Crippen molar-refractivity contribution < 1.29 is 27.2 Å². The molecule has 162 valence electrons. The Bertz CT molecular complexity index is 1030. The molecule has 0 unspecified atom stereocenters. The molecule has 3 rings (SSSR count). The number of hydrogen-bond donors (Lipinski definition) is 1. The number of ether oxygens (including phenoxy) is 1. The Morgan fingerprint density at radius 2 is 1.83 bits per heavy atom. The number of hydrogen-bond acceptors (Lipinski definition) is 6. The van der Waals surface area contributed by atoms with E-state index in [2.05, 4.69) is 21.2 Å². The van der Waals surface area contributed by atoms with Gasteiger partial charge >= 0.3 is 5.97 Å². The van der Waals surface area contributed by atoms with Gasteiger partial charge in [0.15, 0.2) is 11.3 Å². The summed E-state index contributed by atoms with van der Waals surface area (Å²) in [7, 11) is -3.65. The monoisotopic (exact) mass is 498 g/mol. The van der Waals surface area contributed by atoms with Crippen LogP contribution in [0.15, 0.2) is 44.3 Å². The minimum Gasteiger partial charge on any atom is -0.450 e. The van der Waals surface area contributed by atoms with E-state index in [1.807, 2.05) is 0 Å². The molecule has 10 heteroatoms. The Labute approximate surface area is 183 Å². The summed E-state index contributed by atoms with van der Waals surface area (Å²) in [5, 5.41) is 2.57. The van der Waals surface area contributed by atoms with Crippen molar-refractivity contribution in [2.75, 3.05) is 25.0 Å². The second kappa shape index (κ2) is 9.76. The lowest BCUT2D eigenvalue weighted by molar-refractivity contribution is -0.119. The molecule has 1 aliphatic heterocycles. The van der Waals surface area contributed by atoms with Crippen molar-refractivity contribution in [3.8, 4) is 0 Å². The highest BCUT2D eigenvalue weighted by molar-refractivity contribution is 9.10. The van der Waals surface area contributed by atoms with Gasteiger partial charge in [-0.05, 0) is 65.5 Å². The number of aryl methyl sites for hydroxylation is 1. The molecule has 0 saturated carbocycles. The molecule has 2 heterocycles. The van der Waals surface area contributed by atoms with Crippen molar-refractivity contribution in [1.82, 2.24) is 4.31 Å². The number of benzene rings is 1. The van der Waals surface area contributed by atoms with Gasteiger partial charge in [-0.3, -0.25) is 4.79 Å². The van der Waals surface area contributed by atoms with Crippen LogP contribution in [0.25, 0.3) is 0 Å². The highest BCUT2D eigenvalue weighted by Gasteiger charge is 2.27. The average Bonchev–Trinajstić information content (AvgIpc) is 2.96. The van der Waals surface area contributed by atoms with Crippen LogP contribution in [0.3, 0.4) is 0 Å². The Morgan fingerprint density at radius 3 is 2.47 bits per heavy atom. The maximum atomic E-state index is 13.1. The van der Waals surface area contributed by atoms with Gasteiger partial charge in [0.05, 0.1) is 4.90 Å². The lowest BCUT2D eigenvalue weighted by atomic mass is 10.2. The SMILES string of the molecule is Cc1ccc(NC(=O)COC(=O)c2ccc(Br)o2)cc1S(=O)(=O)N1CCCCCC1. The van der Waals surface area contributed by atoms with Crippen LogP contribution in [0, 0.1) is 6.92 Å². The van der Waals surface area contributed by atoms with Crippen molar-refractivity contribution in [1.29, 1.82) is 0 Å². The highest BCUT2D eigenvalue weighted by atomic mass is 79.9. The van der Waals surface area contributed by atoms with Gasteiger partial charge in [0.2, 0.25) is 15.8 Å². The van der Waals surface area contributed by atoms with Crippen LogP contribution < -0.4 is 5.32 Å². The molecular weight excluding hydrogens is 476 g/mol. The highest BCUT2D eigenvalue weighted by Crippen LogP contribution is 2.26. The maximum Gasteiger partial charge on any atom is 0.374 e. The summed E-state index contributed by atoms with van der Waals surface area (Å²) >= 11 is 3.08. The number of carbonyl (C=O) groups is 2. The fourth-order valence-corrected chi connectivity index (χ4v) is 5.27. The number of halogens is 1. The van der Waals surface area contributed by atoms with Gasteiger partial charge in [0.1, 0.15) is 0 Å². The largest absolute Gasteiger partial charge is 0.450 e. The Balaban J connectivity index is 1.67. The number of rotatable bonds is 6. The first-order valence-electron chi connectivity index (χ1n) is 9.60. The number of amides is 1. The van der Waals surface area contributed by atoms with Gasteiger partial charge in [-0.15, -0.1) is 0 Å². The van der Waals surface area contributed by atoms with Crippen LogP contribution in [0.2, 0.25) is 0 Å². The summed E-state index contributed by atoms with van der Waals surface area (Å²) in [6.07, 6.45) is 3.72. The normalized spacial score (nSPS) is 15.4. The van der Waals surface area contributed by atoms with Gasteiger partial charge in [0.25, 0.3) is 5.91 Å². The van der Waals surface area contributed by atoms with Crippen molar-refractivity contribution in [3.63, 3.8) is 0 Å². The van der Waals surface area contributed by atoms with Crippen molar-refractivity contribution in [3.05, 3.63) is 46.3 Å². The van der Waals surface area contributed by atoms with E-state index in [-0.39, 0.29) is 10.7 Å². The predicted octanol–water partition coefficient (Wildman–Crippen LogP) is 3.71. The number of nitrogens with one attached hydrogen (secondary N) is 1. The van der Waals surface area contributed by atoms with E-state index < -0.39 is 28.5 Å². The molecule has 1 aliphatic rings. The lowest BCUT2D eigenvalue weighted by Crippen LogP contribution is -2.32. The number of esters is 1. The van der Waals surface area contributed by atoms with Crippen LogP contribution in [0.4, 0.5) is 5.69 Å². The molecule has 2 aromatic rings. The van der Waals surface area contributed by atoms with E-state index in [0.29, 0.717) is 29.0 Å². The number of carbonyl (C=O) groups excluding carboxylic acids is 2. The van der Waals surface area contributed by atoms with E-state index >= 15 is 0 Å². The third-order valence-electron chi connectivity index (χ3n) is 4.76. The number of furan rings is 1. The molecule has 1 amide bonds. The summed E-state index contributed by atoms with van der Waals surface area (Å²) in [6, 6.07) is 7.66. The van der Waals surface area contributed by atoms with Gasteiger partial charge in [-0.2, -0.15) is 4.31 Å². The molecule has 1 fully saturated rings. The van der Waals surface area contributed by atoms with Crippen LogP contribution in [-0.4, -0.2) is 44.3 Å². The van der Waals surface area contributed by atoms with E-state index in [4.69, 9.17) is 9.15 Å². The predicted molar refractivity (Wildman–Crippen MR) is 114 cm³/mol. The van der Waals surface area contributed by atoms with Crippen LogP contribution in [-0.2, 0) is 19.6 Å². The minimum atomic E-state index is -3.65. The van der Waals surface area contributed by atoms with Crippen LogP contribution >= 0.6 is 15.9 Å². The fraction of sp³-hybridized carbons (Fsp3) is 0.400. The zero-order chi connectivity index (χ0) is 21.7. The number of sulfonamides is 1. The molecule has 1 aromatic heterocycles. The summed E-state index contributed by atoms with van der Waals surface area (Å²) in [4.78, 5) is 24.2. The van der Waals surface area contributed by atoms with Crippen LogP contribution in [0.1, 0.15) is 41.8 Å². The van der Waals surface area contributed by atoms with Crippen LogP contribution in [0.5, 0.6) is 0 Å².